The Hall–Kier alpha value is -2.97. The molecule has 7 atom stereocenters. The van der Waals surface area contributed by atoms with Crippen LogP contribution in [0.3, 0.4) is 0 Å². The van der Waals surface area contributed by atoms with Crippen LogP contribution < -0.4 is 4.90 Å². The summed E-state index contributed by atoms with van der Waals surface area (Å²) in [4.78, 5) is 45.3. The summed E-state index contributed by atoms with van der Waals surface area (Å²) < 4.78 is 12.1. The van der Waals surface area contributed by atoms with Crippen molar-refractivity contribution in [3.63, 3.8) is 0 Å². The fourth-order valence-electron chi connectivity index (χ4n) is 6.65. The minimum absolute atomic E-state index is 0.0708. The summed E-state index contributed by atoms with van der Waals surface area (Å²) in [6, 6.07) is 4.26. The van der Waals surface area contributed by atoms with Crippen LogP contribution in [0.25, 0.3) is 0 Å². The number of rotatable bonds is 5. The molecule has 4 aliphatic rings. The molecule has 8 nitrogen and oxygen atoms in total. The van der Waals surface area contributed by atoms with Gasteiger partial charge in [0, 0.05) is 12.2 Å². The zero-order valence-electron chi connectivity index (χ0n) is 21.9. The fourth-order valence-corrected chi connectivity index (χ4v) is 6.65. The Bertz CT molecular complexity index is 1140. The Kier molecular flexibility index (Phi) is 6.75. The van der Waals surface area contributed by atoms with Crippen molar-refractivity contribution in [1.82, 2.24) is 4.90 Å². The van der Waals surface area contributed by atoms with Gasteiger partial charge in [-0.05, 0) is 37.3 Å². The molecule has 37 heavy (non-hydrogen) atoms. The first-order valence-electron chi connectivity index (χ1n) is 13.3. The second kappa shape index (κ2) is 9.72. The van der Waals surface area contributed by atoms with Crippen molar-refractivity contribution >= 4 is 23.5 Å². The van der Waals surface area contributed by atoms with E-state index in [4.69, 9.17) is 9.47 Å². The van der Waals surface area contributed by atoms with Crippen LogP contribution in [-0.2, 0) is 23.9 Å². The number of para-hydroxylation sites is 1. The van der Waals surface area contributed by atoms with E-state index in [2.05, 4.69) is 0 Å². The number of hydrogen-bond acceptors (Lipinski definition) is 6. The molecule has 1 unspecified atom stereocenters. The summed E-state index contributed by atoms with van der Waals surface area (Å²) in [5.41, 5.74) is 1.36. The highest BCUT2D eigenvalue weighted by Gasteiger charge is 2.72. The maximum absolute atomic E-state index is 14.6. The number of aryl methyl sites for hydroxylation is 2. The van der Waals surface area contributed by atoms with E-state index in [1.54, 1.807) is 4.90 Å². The lowest BCUT2D eigenvalue weighted by Gasteiger charge is -2.40. The van der Waals surface area contributed by atoms with E-state index in [1.165, 1.54) is 4.90 Å². The van der Waals surface area contributed by atoms with Crippen molar-refractivity contribution in [3.05, 3.63) is 53.6 Å². The van der Waals surface area contributed by atoms with Gasteiger partial charge < -0.3 is 24.4 Å². The molecule has 0 aromatic heterocycles. The minimum Gasteiger partial charge on any atom is -0.465 e. The first-order chi connectivity index (χ1) is 17.8. The summed E-state index contributed by atoms with van der Waals surface area (Å²) in [6.45, 7) is 8.13. The lowest BCUT2D eigenvalue weighted by molar-refractivity contribution is -0.155. The van der Waals surface area contributed by atoms with Gasteiger partial charge in [-0.25, -0.2) is 0 Å². The van der Waals surface area contributed by atoms with Gasteiger partial charge in [-0.1, -0.05) is 62.8 Å². The first-order valence-corrected chi connectivity index (χ1v) is 13.3. The predicted octanol–water partition coefficient (Wildman–Crippen LogP) is 2.70. The summed E-state index contributed by atoms with van der Waals surface area (Å²) in [7, 11) is 0. The highest BCUT2D eigenvalue weighted by Crippen LogP contribution is 2.54. The topological polar surface area (TPSA) is 96.4 Å². The number of benzene rings is 1. The van der Waals surface area contributed by atoms with E-state index in [-0.39, 0.29) is 30.9 Å². The largest absolute Gasteiger partial charge is 0.465 e. The van der Waals surface area contributed by atoms with Gasteiger partial charge in [0.05, 0.1) is 31.3 Å². The fraction of sp³-hybridized carbons (Fsp3) is 0.552. The van der Waals surface area contributed by atoms with E-state index in [0.717, 1.165) is 16.8 Å². The second-order valence-corrected chi connectivity index (χ2v) is 10.7. The third kappa shape index (κ3) is 3.84. The maximum Gasteiger partial charge on any atom is 0.312 e. The Morgan fingerprint density at radius 2 is 1.86 bits per heavy atom. The van der Waals surface area contributed by atoms with E-state index < -0.39 is 41.6 Å². The molecule has 0 radical (unpaired) electrons. The molecule has 0 aliphatic carbocycles. The normalized spacial score (nSPS) is 32.7. The van der Waals surface area contributed by atoms with Crippen LogP contribution in [0.2, 0.25) is 0 Å². The highest BCUT2D eigenvalue weighted by atomic mass is 16.6. The number of aliphatic hydroxyl groups is 1. The van der Waals surface area contributed by atoms with Gasteiger partial charge in [0.2, 0.25) is 5.91 Å². The quantitative estimate of drug-likeness (QED) is 0.485. The van der Waals surface area contributed by atoms with E-state index in [9.17, 15) is 19.5 Å². The van der Waals surface area contributed by atoms with E-state index in [1.807, 2.05) is 70.2 Å². The average Bonchev–Trinajstić information content (AvgIpc) is 3.24. The third-order valence-electron chi connectivity index (χ3n) is 8.61. The molecule has 0 bridgehead atoms. The standard InChI is InChI=1S/C29H36N2O6/c1-5-17(2)20(16-32)31-25-27(34)30(24-18(3)10-8-11-19(24)4)14-9-13-29(25)23(26(31)33)22-21(37-29)12-6-7-15-36-28(22)35/h6,8-13,17,20-23,25,32H,5,7,14-16H2,1-4H3/t17-,20-,21-,22+,23-,25?,29-/m0/s1. The summed E-state index contributed by atoms with van der Waals surface area (Å²) >= 11 is 0. The van der Waals surface area contributed by atoms with Crippen LogP contribution >= 0.6 is 0 Å². The molecule has 0 saturated carbocycles. The van der Waals surface area contributed by atoms with Crippen molar-refractivity contribution in [2.45, 2.75) is 64.3 Å². The number of anilines is 1. The zero-order chi connectivity index (χ0) is 26.5. The van der Waals surface area contributed by atoms with Gasteiger partial charge in [-0.15, -0.1) is 0 Å². The molecular formula is C29H36N2O6. The zero-order valence-corrected chi connectivity index (χ0v) is 21.9. The SMILES string of the molecule is CC[C@H](C)[C@H](CO)N1C(=O)[C@@H]2[C@@H]3C(=O)OCCC=C[C@@H]3O[C@@]23C=CCN(c2c(C)cccc2C)C(=O)C13. The Labute approximate surface area is 217 Å². The number of amides is 2. The molecule has 1 aromatic carbocycles. The number of nitrogens with zero attached hydrogens (tertiary/aromatic N) is 2. The molecule has 1 N–H and O–H groups in total. The van der Waals surface area contributed by atoms with E-state index in [0.29, 0.717) is 19.4 Å². The Morgan fingerprint density at radius 1 is 1.14 bits per heavy atom. The van der Waals surface area contributed by atoms with E-state index >= 15 is 0 Å². The number of ether oxygens (including phenoxy) is 2. The minimum atomic E-state index is -1.34. The number of carbonyl (C=O) groups is 3. The molecule has 2 fully saturated rings. The lowest BCUT2D eigenvalue weighted by atomic mass is 9.77. The van der Waals surface area contributed by atoms with Crippen LogP contribution in [0.15, 0.2) is 42.5 Å². The summed E-state index contributed by atoms with van der Waals surface area (Å²) in [5.74, 6) is -2.95. The van der Waals surface area contributed by atoms with Crippen molar-refractivity contribution < 1.29 is 29.0 Å². The molecular weight excluding hydrogens is 472 g/mol. The summed E-state index contributed by atoms with van der Waals surface area (Å²) in [6.07, 6.45) is 8.03. The molecule has 2 saturated heterocycles. The smallest absolute Gasteiger partial charge is 0.312 e. The average molecular weight is 509 g/mol. The first kappa shape index (κ1) is 25.7. The van der Waals surface area contributed by atoms with Gasteiger partial charge in [0.1, 0.15) is 17.6 Å². The highest BCUT2D eigenvalue weighted by molar-refractivity contribution is 6.06. The Balaban J connectivity index is 1.69. The van der Waals surface area contributed by atoms with Crippen molar-refractivity contribution in [1.29, 1.82) is 0 Å². The van der Waals surface area contributed by atoms with Gasteiger partial charge in [0.25, 0.3) is 5.91 Å². The molecule has 4 heterocycles. The van der Waals surface area contributed by atoms with Crippen molar-refractivity contribution in [2.75, 3.05) is 24.7 Å². The molecule has 1 spiro atoms. The number of cyclic esters (lactones) is 1. The van der Waals surface area contributed by atoms with Gasteiger partial charge in [-0.3, -0.25) is 14.4 Å². The molecule has 5 rings (SSSR count). The van der Waals surface area contributed by atoms with Crippen molar-refractivity contribution in [3.8, 4) is 0 Å². The van der Waals surface area contributed by atoms with Crippen LogP contribution in [0.4, 0.5) is 5.69 Å². The number of carbonyl (C=O) groups excluding carboxylic acids is 3. The van der Waals surface area contributed by atoms with Crippen LogP contribution in [0.1, 0.15) is 37.8 Å². The number of hydrogen-bond donors (Lipinski definition) is 1. The molecule has 198 valence electrons. The summed E-state index contributed by atoms with van der Waals surface area (Å²) in [5, 5.41) is 10.5. The van der Waals surface area contributed by atoms with Gasteiger partial charge in [0.15, 0.2) is 0 Å². The van der Waals surface area contributed by atoms with Crippen molar-refractivity contribution in [2.24, 2.45) is 17.8 Å². The second-order valence-electron chi connectivity index (χ2n) is 10.7. The maximum atomic E-state index is 14.6. The monoisotopic (exact) mass is 508 g/mol. The molecule has 4 aliphatic heterocycles. The van der Waals surface area contributed by atoms with Gasteiger partial charge in [-0.2, -0.15) is 0 Å². The number of aliphatic hydroxyl groups excluding tert-OH is 1. The lowest BCUT2D eigenvalue weighted by Crippen LogP contribution is -2.59. The van der Waals surface area contributed by atoms with Gasteiger partial charge >= 0.3 is 5.97 Å². The Morgan fingerprint density at radius 3 is 2.54 bits per heavy atom. The van der Waals surface area contributed by atoms with Crippen LogP contribution in [0, 0.1) is 31.6 Å². The molecule has 8 heteroatoms. The predicted molar refractivity (Wildman–Crippen MR) is 138 cm³/mol. The van der Waals surface area contributed by atoms with Crippen LogP contribution in [-0.4, -0.2) is 71.3 Å². The number of esters is 1. The van der Waals surface area contributed by atoms with Crippen LogP contribution in [0.5, 0.6) is 0 Å². The third-order valence-corrected chi connectivity index (χ3v) is 8.61. The number of likely N-dealkylation sites (tertiary alicyclic amines) is 1. The molecule has 1 aromatic rings. The number of fused-ring (bicyclic) bond motifs is 2. The molecule has 2 amide bonds.